The summed E-state index contributed by atoms with van der Waals surface area (Å²) < 4.78 is 13.4. The Bertz CT molecular complexity index is 1230. The van der Waals surface area contributed by atoms with Gasteiger partial charge in [0.25, 0.3) is 5.56 Å². The smallest absolute Gasteiger partial charge is 0.257 e. The van der Waals surface area contributed by atoms with Crippen LogP contribution in [0.15, 0.2) is 58.5 Å². The van der Waals surface area contributed by atoms with Crippen molar-refractivity contribution in [2.45, 2.75) is 23.2 Å². The lowest BCUT2D eigenvalue weighted by Crippen LogP contribution is -2.36. The molecule has 3 N–H and O–H groups in total. The topological polar surface area (TPSA) is 104 Å². The van der Waals surface area contributed by atoms with Gasteiger partial charge in [0, 0.05) is 22.9 Å². The highest BCUT2D eigenvalue weighted by molar-refractivity contribution is 7.98. The molecule has 4 rings (SSSR count). The molecule has 1 atom stereocenters. The SMILES string of the molecule is O=C1C[C@@H](C(=O)Nc2cccc(F)c2)c2c(nc(SCc3cccc(Cl)c3)[nH]c2=O)N1. The number of aromatic amines is 1. The van der Waals surface area contributed by atoms with Crippen LogP contribution in [-0.4, -0.2) is 21.8 Å². The van der Waals surface area contributed by atoms with Crippen molar-refractivity contribution < 1.29 is 14.0 Å². The van der Waals surface area contributed by atoms with Gasteiger partial charge in [0.2, 0.25) is 11.8 Å². The van der Waals surface area contributed by atoms with Crippen molar-refractivity contribution >= 4 is 46.7 Å². The fourth-order valence-electron chi connectivity index (χ4n) is 3.22. The number of nitrogens with zero attached hydrogens (tertiary/aromatic N) is 1. The molecule has 0 fully saturated rings. The van der Waals surface area contributed by atoms with Crippen molar-refractivity contribution in [2.24, 2.45) is 0 Å². The minimum Gasteiger partial charge on any atom is -0.325 e. The van der Waals surface area contributed by atoms with E-state index in [0.717, 1.165) is 11.6 Å². The molecule has 158 valence electrons. The van der Waals surface area contributed by atoms with Gasteiger partial charge in [-0.15, -0.1) is 0 Å². The molecule has 2 heterocycles. The van der Waals surface area contributed by atoms with Gasteiger partial charge in [-0.3, -0.25) is 14.4 Å². The first-order valence-electron chi connectivity index (χ1n) is 9.27. The number of hydrogen-bond acceptors (Lipinski definition) is 5. The lowest BCUT2D eigenvalue weighted by Gasteiger charge is -2.23. The van der Waals surface area contributed by atoms with Crippen LogP contribution in [0.4, 0.5) is 15.9 Å². The van der Waals surface area contributed by atoms with E-state index in [1.54, 1.807) is 12.1 Å². The monoisotopic (exact) mass is 458 g/mol. The van der Waals surface area contributed by atoms with Crippen molar-refractivity contribution in [2.75, 3.05) is 10.6 Å². The number of anilines is 2. The molecule has 1 aliphatic rings. The van der Waals surface area contributed by atoms with E-state index in [1.165, 1.54) is 30.0 Å². The number of H-pyrrole nitrogens is 1. The fourth-order valence-corrected chi connectivity index (χ4v) is 4.23. The Morgan fingerprint density at radius 1 is 1.23 bits per heavy atom. The second-order valence-corrected chi connectivity index (χ2v) is 8.26. The summed E-state index contributed by atoms with van der Waals surface area (Å²) >= 11 is 7.25. The number of carbonyl (C=O) groups is 2. The van der Waals surface area contributed by atoms with Gasteiger partial charge in [0.15, 0.2) is 5.16 Å². The van der Waals surface area contributed by atoms with Crippen molar-refractivity contribution in [3.05, 3.63) is 80.9 Å². The molecule has 31 heavy (non-hydrogen) atoms. The molecule has 10 heteroatoms. The summed E-state index contributed by atoms with van der Waals surface area (Å²) in [7, 11) is 0. The maximum absolute atomic E-state index is 13.4. The lowest BCUT2D eigenvalue weighted by atomic mass is 9.92. The first-order chi connectivity index (χ1) is 14.9. The van der Waals surface area contributed by atoms with Crippen LogP contribution in [0.1, 0.15) is 23.5 Å². The number of amides is 2. The number of benzene rings is 2. The van der Waals surface area contributed by atoms with Crippen molar-refractivity contribution in [1.29, 1.82) is 0 Å². The van der Waals surface area contributed by atoms with Crippen LogP contribution < -0.4 is 16.2 Å². The molecule has 0 spiro atoms. The van der Waals surface area contributed by atoms with E-state index in [9.17, 15) is 18.8 Å². The van der Waals surface area contributed by atoms with Crippen molar-refractivity contribution in [3.8, 4) is 0 Å². The number of hydrogen-bond donors (Lipinski definition) is 3. The van der Waals surface area contributed by atoms with E-state index in [0.29, 0.717) is 15.9 Å². The molecule has 1 aromatic heterocycles. The van der Waals surface area contributed by atoms with Gasteiger partial charge in [-0.1, -0.05) is 41.6 Å². The maximum Gasteiger partial charge on any atom is 0.257 e. The molecule has 2 aromatic carbocycles. The largest absolute Gasteiger partial charge is 0.325 e. The third-order valence-electron chi connectivity index (χ3n) is 4.60. The van der Waals surface area contributed by atoms with Gasteiger partial charge < -0.3 is 15.6 Å². The summed E-state index contributed by atoms with van der Waals surface area (Å²) in [4.78, 5) is 44.7. The Labute approximate surface area is 185 Å². The van der Waals surface area contributed by atoms with Gasteiger partial charge in [-0.25, -0.2) is 9.37 Å². The predicted octanol–water partition coefficient (Wildman–Crippen LogP) is 3.92. The van der Waals surface area contributed by atoms with Gasteiger partial charge in [-0.05, 0) is 35.9 Å². The van der Waals surface area contributed by atoms with Crippen LogP contribution in [0, 0.1) is 5.82 Å². The number of fused-ring (bicyclic) bond motifs is 1. The summed E-state index contributed by atoms with van der Waals surface area (Å²) in [5.41, 5.74) is 0.725. The van der Waals surface area contributed by atoms with Gasteiger partial charge >= 0.3 is 0 Å². The number of aromatic nitrogens is 2. The Kier molecular flexibility index (Phi) is 6.06. The van der Waals surface area contributed by atoms with E-state index in [4.69, 9.17) is 11.6 Å². The highest BCUT2D eigenvalue weighted by atomic mass is 35.5. The van der Waals surface area contributed by atoms with Crippen molar-refractivity contribution in [1.82, 2.24) is 9.97 Å². The second kappa shape index (κ2) is 8.91. The Morgan fingerprint density at radius 3 is 2.81 bits per heavy atom. The minimum atomic E-state index is -1.05. The minimum absolute atomic E-state index is 0.0491. The molecule has 1 aliphatic heterocycles. The molecular weight excluding hydrogens is 443 g/mol. The molecule has 0 radical (unpaired) electrons. The molecular formula is C21H16ClFN4O3S. The zero-order valence-corrected chi connectivity index (χ0v) is 17.5. The van der Waals surface area contributed by atoms with Gasteiger partial charge in [-0.2, -0.15) is 0 Å². The molecule has 3 aromatic rings. The van der Waals surface area contributed by atoms with E-state index < -0.39 is 29.1 Å². The molecule has 0 aliphatic carbocycles. The van der Waals surface area contributed by atoms with E-state index in [-0.39, 0.29) is 23.5 Å². The zero-order valence-electron chi connectivity index (χ0n) is 15.9. The normalized spacial score (nSPS) is 15.2. The standard InChI is InChI=1S/C21H16ClFN4O3S/c22-12-4-1-3-11(7-12)10-31-21-26-18-17(20(30)27-21)15(9-16(28)25-18)19(29)24-14-6-2-5-13(23)8-14/h1-8,15H,9-10H2,(H,24,29)(H2,25,26,27,28,30)/t15-/m1/s1. The number of thioether (sulfide) groups is 1. The number of carbonyl (C=O) groups excluding carboxylic acids is 2. The maximum atomic E-state index is 13.4. The number of nitrogens with one attached hydrogen (secondary N) is 3. The van der Waals surface area contributed by atoms with Gasteiger partial charge in [0.1, 0.15) is 11.6 Å². The van der Waals surface area contributed by atoms with E-state index in [2.05, 4.69) is 20.6 Å². The summed E-state index contributed by atoms with van der Waals surface area (Å²) in [5, 5.41) is 6.01. The molecule has 0 saturated heterocycles. The van der Waals surface area contributed by atoms with Gasteiger partial charge in [0.05, 0.1) is 11.5 Å². The molecule has 7 nitrogen and oxygen atoms in total. The molecule has 0 saturated carbocycles. The average molecular weight is 459 g/mol. The Balaban J connectivity index is 1.58. The molecule has 0 bridgehead atoms. The lowest BCUT2D eigenvalue weighted by molar-refractivity contribution is -0.123. The summed E-state index contributed by atoms with van der Waals surface area (Å²) in [5.74, 6) is -2.03. The molecule has 0 unspecified atom stereocenters. The third kappa shape index (κ3) is 4.95. The zero-order chi connectivity index (χ0) is 22.0. The van der Waals surface area contributed by atoms with Crippen LogP contribution in [0.2, 0.25) is 5.02 Å². The number of rotatable bonds is 5. The summed E-state index contributed by atoms with van der Waals surface area (Å²) in [6, 6.07) is 12.6. The average Bonchev–Trinajstić information content (AvgIpc) is 2.71. The van der Waals surface area contributed by atoms with Crippen LogP contribution in [0.3, 0.4) is 0 Å². The van der Waals surface area contributed by atoms with Crippen molar-refractivity contribution in [3.63, 3.8) is 0 Å². The van der Waals surface area contributed by atoms with Crippen LogP contribution in [0.25, 0.3) is 0 Å². The van der Waals surface area contributed by atoms with E-state index >= 15 is 0 Å². The first-order valence-corrected chi connectivity index (χ1v) is 10.6. The number of halogens is 2. The highest BCUT2D eigenvalue weighted by Crippen LogP contribution is 2.31. The highest BCUT2D eigenvalue weighted by Gasteiger charge is 2.34. The van der Waals surface area contributed by atoms with Crippen LogP contribution in [0.5, 0.6) is 0 Å². The quantitative estimate of drug-likeness (QED) is 0.397. The predicted molar refractivity (Wildman–Crippen MR) is 117 cm³/mol. The third-order valence-corrected chi connectivity index (χ3v) is 5.78. The second-order valence-electron chi connectivity index (χ2n) is 6.86. The van der Waals surface area contributed by atoms with Crippen LogP contribution in [-0.2, 0) is 15.3 Å². The summed E-state index contributed by atoms with van der Waals surface area (Å²) in [6.07, 6.45) is -0.214. The Morgan fingerprint density at radius 2 is 2.03 bits per heavy atom. The van der Waals surface area contributed by atoms with E-state index in [1.807, 2.05) is 12.1 Å². The first kappa shape index (κ1) is 21.1. The van der Waals surface area contributed by atoms with Crippen LogP contribution >= 0.6 is 23.4 Å². The summed E-state index contributed by atoms with van der Waals surface area (Å²) in [6.45, 7) is 0. The molecule has 2 amide bonds. The Hall–Kier alpha value is -3.17. The fraction of sp³-hybridized carbons (Fsp3) is 0.143.